The smallest absolute Gasteiger partial charge is 0.311 e. The van der Waals surface area contributed by atoms with Crippen LogP contribution in [0.15, 0.2) is 5.10 Å². The first-order valence-electron chi connectivity index (χ1n) is 5.16. The fourth-order valence-electron chi connectivity index (χ4n) is 1.05. The van der Waals surface area contributed by atoms with Crippen LogP contribution in [-0.2, 0) is 9.53 Å². The number of carbonyl (C=O) groups excluding carboxylic acids is 1. The van der Waals surface area contributed by atoms with Crippen LogP contribution in [0.3, 0.4) is 0 Å². The van der Waals surface area contributed by atoms with Crippen LogP contribution in [-0.4, -0.2) is 33.2 Å². The number of nitrogens with one attached hydrogen (secondary N) is 1. The molecule has 1 heterocycles. The number of aryl methyl sites for hydroxylation is 1. The molecule has 0 unspecified atom stereocenters. The third kappa shape index (κ3) is 3.74. The summed E-state index contributed by atoms with van der Waals surface area (Å²) in [7, 11) is 0. The first-order chi connectivity index (χ1) is 8.04. The minimum Gasteiger partial charge on any atom is -0.466 e. The Labute approximate surface area is 98.8 Å². The first kappa shape index (κ1) is 12.9. The van der Waals surface area contributed by atoms with E-state index in [2.05, 4.69) is 20.7 Å². The Kier molecular flexibility index (Phi) is 4.44. The Morgan fingerprint density at radius 1 is 1.59 bits per heavy atom. The number of nitrogens with two attached hydrogens (primary N) is 1. The zero-order valence-electron chi connectivity index (χ0n) is 10.1. The van der Waals surface area contributed by atoms with Crippen LogP contribution < -0.4 is 11.3 Å². The fraction of sp³-hybridized carbons (Fsp3) is 0.556. The standard InChI is InChI=1S/C9H16N6O2/c1-4-17-8(16)5-6(2)11-13-9-14-12-7(3)15(9)10/h4-5,10H2,1-3H3,(H,13,14)/b11-6-. The summed E-state index contributed by atoms with van der Waals surface area (Å²) in [6.07, 6.45) is 0.124. The van der Waals surface area contributed by atoms with Gasteiger partial charge in [-0.2, -0.15) is 5.10 Å². The lowest BCUT2D eigenvalue weighted by molar-refractivity contribution is -0.141. The highest BCUT2D eigenvalue weighted by Crippen LogP contribution is 2.01. The minimum atomic E-state index is -0.319. The van der Waals surface area contributed by atoms with Crippen molar-refractivity contribution in [1.29, 1.82) is 0 Å². The molecular formula is C9H16N6O2. The Balaban J connectivity index is 2.53. The van der Waals surface area contributed by atoms with E-state index in [4.69, 9.17) is 10.6 Å². The lowest BCUT2D eigenvalue weighted by Crippen LogP contribution is -2.15. The van der Waals surface area contributed by atoms with Gasteiger partial charge in [-0.1, -0.05) is 0 Å². The maximum Gasteiger partial charge on any atom is 0.311 e. The molecule has 0 bridgehead atoms. The van der Waals surface area contributed by atoms with Gasteiger partial charge in [0.1, 0.15) is 0 Å². The number of hydrazone groups is 1. The molecule has 0 spiro atoms. The van der Waals surface area contributed by atoms with E-state index in [1.807, 2.05) is 0 Å². The largest absolute Gasteiger partial charge is 0.466 e. The molecular weight excluding hydrogens is 224 g/mol. The Bertz CT molecular complexity index is 425. The molecule has 94 valence electrons. The molecule has 8 heteroatoms. The van der Waals surface area contributed by atoms with Gasteiger partial charge in [-0.15, -0.1) is 10.2 Å². The van der Waals surface area contributed by atoms with Crippen molar-refractivity contribution in [1.82, 2.24) is 14.9 Å². The molecule has 0 saturated carbocycles. The van der Waals surface area contributed by atoms with Gasteiger partial charge in [0, 0.05) is 5.71 Å². The van der Waals surface area contributed by atoms with E-state index < -0.39 is 0 Å². The van der Waals surface area contributed by atoms with Gasteiger partial charge in [-0.25, -0.2) is 10.1 Å². The van der Waals surface area contributed by atoms with E-state index in [1.54, 1.807) is 20.8 Å². The molecule has 1 aromatic heterocycles. The van der Waals surface area contributed by atoms with E-state index in [-0.39, 0.29) is 12.4 Å². The van der Waals surface area contributed by atoms with Gasteiger partial charge in [0.25, 0.3) is 5.95 Å². The monoisotopic (exact) mass is 240 g/mol. The number of hydrogen-bond donors (Lipinski definition) is 2. The average Bonchev–Trinajstić information content (AvgIpc) is 2.57. The number of aromatic nitrogens is 3. The molecule has 0 atom stereocenters. The van der Waals surface area contributed by atoms with Gasteiger partial charge in [0.05, 0.1) is 13.0 Å². The predicted octanol–water partition coefficient (Wildman–Crippen LogP) is 0.0413. The van der Waals surface area contributed by atoms with Crippen LogP contribution >= 0.6 is 0 Å². The number of hydrogen-bond acceptors (Lipinski definition) is 7. The quantitative estimate of drug-likeness (QED) is 0.325. The summed E-state index contributed by atoms with van der Waals surface area (Å²) >= 11 is 0. The summed E-state index contributed by atoms with van der Waals surface area (Å²) in [4.78, 5) is 11.1. The van der Waals surface area contributed by atoms with E-state index in [1.165, 1.54) is 4.68 Å². The third-order valence-electron chi connectivity index (χ3n) is 1.92. The fourth-order valence-corrected chi connectivity index (χ4v) is 1.05. The molecule has 3 N–H and O–H groups in total. The average molecular weight is 240 g/mol. The maximum atomic E-state index is 11.1. The topological polar surface area (TPSA) is 107 Å². The summed E-state index contributed by atoms with van der Waals surface area (Å²) in [6, 6.07) is 0. The van der Waals surface area contributed by atoms with E-state index in [0.717, 1.165) is 0 Å². The lowest BCUT2D eigenvalue weighted by Gasteiger charge is -2.03. The van der Waals surface area contributed by atoms with Crippen molar-refractivity contribution in [2.24, 2.45) is 5.10 Å². The summed E-state index contributed by atoms with van der Waals surface area (Å²) < 4.78 is 6.05. The molecule has 0 aromatic carbocycles. The van der Waals surface area contributed by atoms with Gasteiger partial charge in [0.15, 0.2) is 5.82 Å². The predicted molar refractivity (Wildman–Crippen MR) is 62.9 cm³/mol. The second kappa shape index (κ2) is 5.83. The van der Waals surface area contributed by atoms with Crippen LogP contribution in [0.25, 0.3) is 0 Å². The van der Waals surface area contributed by atoms with Crippen LogP contribution in [0.1, 0.15) is 26.1 Å². The van der Waals surface area contributed by atoms with Gasteiger partial charge in [-0.3, -0.25) is 4.79 Å². The number of rotatable bonds is 5. The molecule has 1 aromatic rings. The number of nitrogen functional groups attached to an aromatic ring is 1. The van der Waals surface area contributed by atoms with E-state index in [0.29, 0.717) is 24.1 Å². The number of nitrogens with zero attached hydrogens (tertiary/aromatic N) is 4. The minimum absolute atomic E-state index is 0.124. The third-order valence-corrected chi connectivity index (χ3v) is 1.92. The lowest BCUT2D eigenvalue weighted by atomic mass is 10.3. The number of esters is 1. The van der Waals surface area contributed by atoms with Crippen molar-refractivity contribution >= 4 is 17.6 Å². The second-order valence-corrected chi connectivity index (χ2v) is 3.38. The summed E-state index contributed by atoms with van der Waals surface area (Å²) in [6.45, 7) is 5.53. The molecule has 0 saturated heterocycles. The molecule has 17 heavy (non-hydrogen) atoms. The van der Waals surface area contributed by atoms with Crippen LogP contribution in [0.4, 0.5) is 5.95 Å². The molecule has 8 nitrogen and oxygen atoms in total. The molecule has 0 radical (unpaired) electrons. The summed E-state index contributed by atoms with van der Waals surface area (Å²) in [5.41, 5.74) is 3.20. The molecule has 1 rings (SSSR count). The number of carbonyl (C=O) groups is 1. The van der Waals surface area contributed by atoms with Crippen LogP contribution in [0, 0.1) is 6.92 Å². The van der Waals surface area contributed by atoms with Gasteiger partial charge < -0.3 is 10.6 Å². The maximum absolute atomic E-state index is 11.1. The SMILES string of the molecule is CCOC(=O)C/C(C)=N\Nc1nnc(C)n1N. The van der Waals surface area contributed by atoms with Gasteiger partial charge >= 0.3 is 5.97 Å². The molecule has 0 fully saturated rings. The number of anilines is 1. The van der Waals surface area contributed by atoms with Crippen molar-refractivity contribution in [3.05, 3.63) is 5.82 Å². The molecule has 0 aliphatic heterocycles. The highest BCUT2D eigenvalue weighted by atomic mass is 16.5. The van der Waals surface area contributed by atoms with Crippen molar-refractivity contribution < 1.29 is 9.53 Å². The van der Waals surface area contributed by atoms with Crippen molar-refractivity contribution in [2.75, 3.05) is 17.9 Å². The van der Waals surface area contributed by atoms with Gasteiger partial charge in [0.2, 0.25) is 0 Å². The molecule has 0 amide bonds. The molecule has 0 aliphatic carbocycles. The Morgan fingerprint density at radius 3 is 2.82 bits per heavy atom. The summed E-state index contributed by atoms with van der Waals surface area (Å²) in [5.74, 6) is 6.16. The van der Waals surface area contributed by atoms with Crippen LogP contribution in [0.2, 0.25) is 0 Å². The Hall–Kier alpha value is -2.12. The van der Waals surface area contributed by atoms with Gasteiger partial charge in [-0.05, 0) is 20.8 Å². The van der Waals surface area contributed by atoms with Crippen molar-refractivity contribution in [3.63, 3.8) is 0 Å². The normalized spacial score (nSPS) is 11.4. The molecule has 0 aliphatic rings. The summed E-state index contributed by atoms with van der Waals surface area (Å²) in [5, 5.41) is 11.5. The Morgan fingerprint density at radius 2 is 2.29 bits per heavy atom. The number of ether oxygens (including phenoxy) is 1. The van der Waals surface area contributed by atoms with Crippen LogP contribution in [0.5, 0.6) is 0 Å². The van der Waals surface area contributed by atoms with E-state index in [9.17, 15) is 4.79 Å². The first-order valence-corrected chi connectivity index (χ1v) is 5.16. The van der Waals surface area contributed by atoms with Crippen molar-refractivity contribution in [3.8, 4) is 0 Å². The second-order valence-electron chi connectivity index (χ2n) is 3.38. The van der Waals surface area contributed by atoms with Crippen molar-refractivity contribution in [2.45, 2.75) is 27.2 Å². The van der Waals surface area contributed by atoms with E-state index >= 15 is 0 Å². The zero-order valence-corrected chi connectivity index (χ0v) is 10.1. The highest BCUT2D eigenvalue weighted by Gasteiger charge is 2.06. The highest BCUT2D eigenvalue weighted by molar-refractivity contribution is 5.97. The zero-order chi connectivity index (χ0) is 12.8.